The molecule has 0 aliphatic rings. The van der Waals surface area contributed by atoms with Crippen LogP contribution in [0, 0.1) is 6.92 Å². The lowest BCUT2D eigenvalue weighted by atomic mass is 10.1. The number of carbonyl (C=O) groups excluding carboxylic acids is 1. The quantitative estimate of drug-likeness (QED) is 0.788. The number of rotatable bonds is 6. The lowest BCUT2D eigenvalue weighted by Crippen LogP contribution is -2.25. The zero-order chi connectivity index (χ0) is 14.3. The summed E-state index contributed by atoms with van der Waals surface area (Å²) in [7, 11) is 0. The summed E-state index contributed by atoms with van der Waals surface area (Å²) in [5.74, 6) is -0.167. The summed E-state index contributed by atoms with van der Waals surface area (Å²) in [6.07, 6.45) is 4.12. The molecular weight excluding hydrogens is 262 g/mol. The maximum Gasteiger partial charge on any atom is 0.244 e. The van der Waals surface area contributed by atoms with E-state index in [0.717, 1.165) is 11.1 Å². The fraction of sp³-hybridized carbons (Fsp3) is 0.400. The minimum atomic E-state index is -0.347. The molecule has 0 aliphatic heterocycles. The van der Waals surface area contributed by atoms with Crippen LogP contribution in [0.4, 0.5) is 0 Å². The molecule has 104 valence electrons. The van der Waals surface area contributed by atoms with E-state index in [4.69, 9.17) is 11.6 Å². The van der Waals surface area contributed by atoms with E-state index in [1.54, 1.807) is 6.08 Å². The lowest BCUT2D eigenvalue weighted by Gasteiger charge is -2.07. The predicted octanol–water partition coefficient (Wildman–Crippen LogP) is 2.94. The molecule has 0 saturated carbocycles. The molecule has 0 radical (unpaired) electrons. The average molecular weight is 282 g/mol. The number of benzene rings is 1. The van der Waals surface area contributed by atoms with Gasteiger partial charge in [-0.15, -0.1) is 0 Å². The summed E-state index contributed by atoms with van der Waals surface area (Å²) in [5, 5.41) is 12.8. The molecule has 0 saturated heterocycles. The van der Waals surface area contributed by atoms with Crippen LogP contribution in [0.1, 0.15) is 30.9 Å². The van der Waals surface area contributed by atoms with Crippen LogP contribution < -0.4 is 5.32 Å². The Balaban J connectivity index is 2.43. The maximum absolute atomic E-state index is 11.5. The Kier molecular flexibility index (Phi) is 6.60. The number of halogens is 1. The van der Waals surface area contributed by atoms with Crippen LogP contribution in [0.3, 0.4) is 0 Å². The zero-order valence-electron chi connectivity index (χ0n) is 11.3. The Morgan fingerprint density at radius 3 is 2.89 bits per heavy atom. The highest BCUT2D eigenvalue weighted by atomic mass is 35.5. The normalized spacial score (nSPS) is 12.6. The highest BCUT2D eigenvalue weighted by Crippen LogP contribution is 2.17. The molecule has 19 heavy (non-hydrogen) atoms. The van der Waals surface area contributed by atoms with Crippen LogP contribution in [-0.4, -0.2) is 23.7 Å². The Morgan fingerprint density at radius 2 is 2.26 bits per heavy atom. The highest BCUT2D eigenvalue weighted by Gasteiger charge is 2.01. The molecule has 1 unspecified atom stereocenters. The molecule has 1 rings (SSSR count). The van der Waals surface area contributed by atoms with Crippen molar-refractivity contribution in [3.05, 3.63) is 40.4 Å². The van der Waals surface area contributed by atoms with Gasteiger partial charge in [-0.3, -0.25) is 4.79 Å². The number of aryl methyl sites for hydroxylation is 1. The molecule has 2 N–H and O–H groups in total. The van der Waals surface area contributed by atoms with Crippen LogP contribution in [0.25, 0.3) is 6.08 Å². The molecule has 0 bridgehead atoms. The van der Waals surface area contributed by atoms with Crippen LogP contribution in [0.5, 0.6) is 0 Å². The van der Waals surface area contributed by atoms with E-state index in [1.807, 2.05) is 32.0 Å². The molecular formula is C15H20ClNO2. The van der Waals surface area contributed by atoms with Crippen LogP contribution in [0.15, 0.2) is 24.3 Å². The summed E-state index contributed by atoms with van der Waals surface area (Å²) >= 11 is 6.00. The first-order valence-corrected chi connectivity index (χ1v) is 6.81. The zero-order valence-corrected chi connectivity index (χ0v) is 12.1. The van der Waals surface area contributed by atoms with Crippen LogP contribution in [-0.2, 0) is 4.79 Å². The van der Waals surface area contributed by atoms with Crippen molar-refractivity contribution < 1.29 is 9.90 Å². The van der Waals surface area contributed by atoms with E-state index in [1.165, 1.54) is 6.08 Å². The number of hydrogen-bond acceptors (Lipinski definition) is 2. The number of carbonyl (C=O) groups is 1. The van der Waals surface area contributed by atoms with Crippen molar-refractivity contribution in [3.63, 3.8) is 0 Å². The number of aliphatic hydroxyl groups excluding tert-OH is 1. The molecule has 0 aliphatic carbocycles. The third-order valence-electron chi connectivity index (χ3n) is 2.87. The third-order valence-corrected chi connectivity index (χ3v) is 3.28. The topological polar surface area (TPSA) is 49.3 Å². The van der Waals surface area contributed by atoms with Gasteiger partial charge in [-0.25, -0.2) is 0 Å². The van der Waals surface area contributed by atoms with E-state index in [9.17, 15) is 9.90 Å². The minimum absolute atomic E-state index is 0.167. The standard InChI is InChI=1S/C15H20ClNO2/c1-3-13(18)8-9-17-15(19)7-6-12-5-4-11(2)14(16)10-12/h4-7,10,13,18H,3,8-9H2,1-2H3,(H,17,19)/b7-6+. The Hall–Kier alpha value is -1.32. The number of aliphatic hydroxyl groups is 1. The number of hydrogen-bond donors (Lipinski definition) is 2. The second kappa shape index (κ2) is 7.97. The summed E-state index contributed by atoms with van der Waals surface area (Å²) in [6.45, 7) is 4.32. The van der Waals surface area contributed by atoms with Gasteiger partial charge >= 0.3 is 0 Å². The number of amides is 1. The van der Waals surface area contributed by atoms with E-state index in [-0.39, 0.29) is 12.0 Å². The lowest BCUT2D eigenvalue weighted by molar-refractivity contribution is -0.116. The fourth-order valence-corrected chi connectivity index (χ4v) is 1.70. The summed E-state index contributed by atoms with van der Waals surface area (Å²) < 4.78 is 0. The van der Waals surface area contributed by atoms with Gasteiger partial charge in [0.15, 0.2) is 0 Å². The molecule has 0 fully saturated rings. The van der Waals surface area contributed by atoms with Gasteiger partial charge < -0.3 is 10.4 Å². The van der Waals surface area contributed by atoms with Crippen molar-refractivity contribution in [2.24, 2.45) is 0 Å². The Labute approximate surface area is 119 Å². The van der Waals surface area contributed by atoms with Gasteiger partial charge in [-0.1, -0.05) is 30.7 Å². The first kappa shape index (κ1) is 15.7. The van der Waals surface area contributed by atoms with Crippen molar-refractivity contribution >= 4 is 23.6 Å². The van der Waals surface area contributed by atoms with Gasteiger partial charge in [0.2, 0.25) is 5.91 Å². The van der Waals surface area contributed by atoms with E-state index < -0.39 is 0 Å². The largest absolute Gasteiger partial charge is 0.393 e. The van der Waals surface area contributed by atoms with Crippen molar-refractivity contribution in [2.45, 2.75) is 32.8 Å². The van der Waals surface area contributed by atoms with E-state index >= 15 is 0 Å². The highest BCUT2D eigenvalue weighted by molar-refractivity contribution is 6.31. The minimum Gasteiger partial charge on any atom is -0.393 e. The fourth-order valence-electron chi connectivity index (χ4n) is 1.51. The van der Waals surface area contributed by atoms with E-state index in [0.29, 0.717) is 24.4 Å². The van der Waals surface area contributed by atoms with Gasteiger partial charge in [0.05, 0.1) is 6.10 Å². The van der Waals surface area contributed by atoms with Crippen LogP contribution in [0.2, 0.25) is 5.02 Å². The SMILES string of the molecule is CCC(O)CCNC(=O)/C=C/c1ccc(C)c(Cl)c1. The smallest absolute Gasteiger partial charge is 0.244 e. The van der Waals surface area contributed by atoms with Gasteiger partial charge in [-0.05, 0) is 43.0 Å². The molecule has 3 nitrogen and oxygen atoms in total. The molecule has 1 atom stereocenters. The van der Waals surface area contributed by atoms with Gasteiger partial charge in [0.25, 0.3) is 0 Å². The first-order chi connectivity index (χ1) is 9.02. The molecule has 0 aromatic heterocycles. The Bertz CT molecular complexity index is 457. The van der Waals surface area contributed by atoms with Crippen molar-refractivity contribution in [1.29, 1.82) is 0 Å². The maximum atomic E-state index is 11.5. The van der Waals surface area contributed by atoms with Crippen molar-refractivity contribution in [3.8, 4) is 0 Å². The predicted molar refractivity (Wildman–Crippen MR) is 79.1 cm³/mol. The molecule has 4 heteroatoms. The third kappa shape index (κ3) is 5.90. The van der Waals surface area contributed by atoms with Crippen LogP contribution >= 0.6 is 11.6 Å². The van der Waals surface area contributed by atoms with Gasteiger partial charge in [0.1, 0.15) is 0 Å². The van der Waals surface area contributed by atoms with Gasteiger partial charge in [0, 0.05) is 17.6 Å². The molecule has 1 amide bonds. The van der Waals surface area contributed by atoms with E-state index in [2.05, 4.69) is 5.32 Å². The molecule has 0 heterocycles. The second-order valence-corrected chi connectivity index (χ2v) is 4.89. The van der Waals surface area contributed by atoms with Crippen molar-refractivity contribution in [1.82, 2.24) is 5.32 Å². The molecule has 1 aromatic rings. The van der Waals surface area contributed by atoms with Crippen molar-refractivity contribution in [2.75, 3.05) is 6.54 Å². The second-order valence-electron chi connectivity index (χ2n) is 4.48. The first-order valence-electron chi connectivity index (χ1n) is 6.43. The Morgan fingerprint density at radius 1 is 1.53 bits per heavy atom. The summed E-state index contributed by atoms with van der Waals surface area (Å²) in [5.41, 5.74) is 1.90. The molecule has 0 spiro atoms. The summed E-state index contributed by atoms with van der Waals surface area (Å²) in [4.78, 5) is 11.5. The summed E-state index contributed by atoms with van der Waals surface area (Å²) in [6, 6.07) is 5.64. The number of nitrogens with one attached hydrogen (secondary N) is 1. The average Bonchev–Trinajstić information content (AvgIpc) is 2.40. The molecule has 1 aromatic carbocycles. The monoisotopic (exact) mass is 281 g/mol. The van der Waals surface area contributed by atoms with Gasteiger partial charge in [-0.2, -0.15) is 0 Å².